The number of hydrogen-bond acceptors (Lipinski definition) is 6. The third kappa shape index (κ3) is 3.77. The molecule has 2 aromatic carbocycles. The summed E-state index contributed by atoms with van der Waals surface area (Å²) in [5.74, 6) is -0.0503. The molecule has 2 heterocycles. The van der Waals surface area contributed by atoms with Crippen LogP contribution < -0.4 is 9.80 Å². The predicted octanol–water partition coefficient (Wildman–Crippen LogP) is 4.46. The van der Waals surface area contributed by atoms with E-state index >= 15 is 0 Å². The smallest absolute Gasteiger partial charge is 0.297 e. The van der Waals surface area contributed by atoms with E-state index in [1.165, 1.54) is 6.07 Å². The van der Waals surface area contributed by atoms with E-state index in [1.807, 2.05) is 15.9 Å². The molecular weight excluding hydrogens is 404 g/mol. The molecule has 3 aromatic rings. The van der Waals surface area contributed by atoms with Crippen LogP contribution in [0.3, 0.4) is 0 Å². The summed E-state index contributed by atoms with van der Waals surface area (Å²) in [5.41, 5.74) is 0.891. The van der Waals surface area contributed by atoms with E-state index in [2.05, 4.69) is 9.97 Å². The third-order valence-corrected chi connectivity index (χ3v) is 5.08. The Hall–Kier alpha value is -3.07. The van der Waals surface area contributed by atoms with E-state index in [4.69, 9.17) is 11.6 Å². The minimum Gasteiger partial charge on any atom is -0.362 e. The predicted molar refractivity (Wildman–Crippen MR) is 107 cm³/mol. The van der Waals surface area contributed by atoms with Crippen molar-refractivity contribution in [3.63, 3.8) is 0 Å². The molecule has 0 spiro atoms. The van der Waals surface area contributed by atoms with Crippen molar-refractivity contribution >= 4 is 39.7 Å². The zero-order valence-electron chi connectivity index (χ0n) is 15.1. The molecule has 1 aliphatic rings. The summed E-state index contributed by atoms with van der Waals surface area (Å²) in [6.45, 7) is 1.91. The van der Waals surface area contributed by atoms with Gasteiger partial charge in [-0.2, -0.15) is 0 Å². The van der Waals surface area contributed by atoms with Crippen LogP contribution in [0.15, 0.2) is 42.5 Å². The Morgan fingerprint density at radius 1 is 1.03 bits per heavy atom. The number of fused-ring (bicyclic) bond motifs is 1. The lowest BCUT2D eigenvalue weighted by molar-refractivity contribution is -0.384. The van der Waals surface area contributed by atoms with Crippen LogP contribution in [-0.2, 0) is 0 Å². The van der Waals surface area contributed by atoms with Crippen molar-refractivity contribution in [2.45, 2.75) is 6.43 Å². The number of alkyl halides is 2. The van der Waals surface area contributed by atoms with Gasteiger partial charge in [0.05, 0.1) is 10.4 Å². The Bertz CT molecular complexity index is 1070. The van der Waals surface area contributed by atoms with Gasteiger partial charge >= 0.3 is 0 Å². The minimum absolute atomic E-state index is 0.0570. The number of benzene rings is 2. The van der Waals surface area contributed by atoms with E-state index < -0.39 is 17.2 Å². The van der Waals surface area contributed by atoms with Gasteiger partial charge in [-0.1, -0.05) is 23.7 Å². The van der Waals surface area contributed by atoms with Crippen molar-refractivity contribution in [3.05, 3.63) is 63.4 Å². The van der Waals surface area contributed by atoms with Crippen LogP contribution in [0.25, 0.3) is 10.9 Å². The molecule has 7 nitrogen and oxygen atoms in total. The van der Waals surface area contributed by atoms with Crippen LogP contribution >= 0.6 is 11.6 Å². The number of aromatic nitrogens is 2. The first-order chi connectivity index (χ1) is 13.9. The fourth-order valence-corrected chi connectivity index (χ4v) is 3.65. The lowest BCUT2D eigenvalue weighted by atomic mass is 10.2. The molecule has 4 rings (SSSR count). The normalized spacial score (nSPS) is 14.6. The first kappa shape index (κ1) is 19.3. The maximum absolute atomic E-state index is 13.3. The highest BCUT2D eigenvalue weighted by Crippen LogP contribution is 2.33. The highest BCUT2D eigenvalue weighted by Gasteiger charge is 2.26. The molecule has 0 radical (unpaired) electrons. The zero-order chi connectivity index (χ0) is 20.5. The molecule has 1 aliphatic heterocycles. The molecule has 29 heavy (non-hydrogen) atoms. The van der Waals surface area contributed by atoms with Gasteiger partial charge < -0.3 is 9.80 Å². The third-order valence-electron chi connectivity index (χ3n) is 4.85. The standard InChI is InChI=1S/C19H16ClF2N5O2/c20-12-5-6-15(16(11-12)27(28)29)25-7-9-26(10-8-25)19-13-3-1-2-4-14(13)23-18(24-19)17(21)22/h1-6,11,17H,7-10H2. The van der Waals surface area contributed by atoms with Crippen LogP contribution in [0.2, 0.25) is 5.02 Å². The number of anilines is 2. The van der Waals surface area contributed by atoms with Crippen LogP contribution in [0.4, 0.5) is 26.0 Å². The molecule has 10 heteroatoms. The lowest BCUT2D eigenvalue weighted by Crippen LogP contribution is -2.47. The maximum Gasteiger partial charge on any atom is 0.297 e. The Morgan fingerprint density at radius 2 is 1.72 bits per heavy atom. The molecule has 0 atom stereocenters. The monoisotopic (exact) mass is 419 g/mol. The Kier molecular flexibility index (Phi) is 5.14. The van der Waals surface area contributed by atoms with E-state index in [0.717, 1.165) is 0 Å². The number of rotatable bonds is 4. The van der Waals surface area contributed by atoms with Crippen LogP contribution in [0, 0.1) is 10.1 Å². The molecule has 0 amide bonds. The summed E-state index contributed by atoms with van der Waals surface area (Å²) < 4.78 is 26.5. The number of hydrogen-bond donors (Lipinski definition) is 0. The fourth-order valence-electron chi connectivity index (χ4n) is 3.49. The number of piperazine rings is 1. The number of nitro groups is 1. The van der Waals surface area contributed by atoms with E-state index in [-0.39, 0.29) is 5.69 Å². The molecule has 1 fully saturated rings. The topological polar surface area (TPSA) is 75.4 Å². The zero-order valence-corrected chi connectivity index (χ0v) is 15.9. The molecule has 0 N–H and O–H groups in total. The van der Waals surface area contributed by atoms with Gasteiger partial charge in [-0.15, -0.1) is 0 Å². The van der Waals surface area contributed by atoms with Gasteiger partial charge in [-0.05, 0) is 24.3 Å². The summed E-state index contributed by atoms with van der Waals surface area (Å²) in [4.78, 5) is 22.8. The number of nitrogens with zero attached hydrogens (tertiary/aromatic N) is 5. The Labute approximate surface area is 169 Å². The molecule has 1 saturated heterocycles. The van der Waals surface area contributed by atoms with E-state index in [0.29, 0.717) is 53.6 Å². The van der Waals surface area contributed by atoms with E-state index in [9.17, 15) is 18.9 Å². The first-order valence-electron chi connectivity index (χ1n) is 8.92. The van der Waals surface area contributed by atoms with Gasteiger partial charge in [0.1, 0.15) is 11.5 Å². The lowest BCUT2D eigenvalue weighted by Gasteiger charge is -2.36. The van der Waals surface area contributed by atoms with Crippen molar-refractivity contribution < 1.29 is 13.7 Å². The summed E-state index contributed by atoms with van der Waals surface area (Å²) in [6, 6.07) is 11.6. The van der Waals surface area contributed by atoms with Gasteiger partial charge in [-0.3, -0.25) is 10.1 Å². The quantitative estimate of drug-likeness (QED) is 0.459. The van der Waals surface area contributed by atoms with Crippen molar-refractivity contribution in [1.29, 1.82) is 0 Å². The van der Waals surface area contributed by atoms with Crippen molar-refractivity contribution in [2.75, 3.05) is 36.0 Å². The second kappa shape index (κ2) is 7.75. The fraction of sp³-hybridized carbons (Fsp3) is 0.263. The summed E-state index contributed by atoms with van der Waals surface area (Å²) in [7, 11) is 0. The van der Waals surface area contributed by atoms with Gasteiger partial charge in [0.15, 0.2) is 5.82 Å². The van der Waals surface area contributed by atoms with Crippen LogP contribution in [0.1, 0.15) is 12.2 Å². The van der Waals surface area contributed by atoms with Gasteiger partial charge in [-0.25, -0.2) is 18.7 Å². The second-order valence-electron chi connectivity index (χ2n) is 6.59. The average Bonchev–Trinajstić information content (AvgIpc) is 2.73. The van der Waals surface area contributed by atoms with Crippen molar-refractivity contribution in [2.24, 2.45) is 0 Å². The highest BCUT2D eigenvalue weighted by atomic mass is 35.5. The molecule has 0 bridgehead atoms. The minimum atomic E-state index is -2.77. The number of para-hydroxylation sites is 1. The number of halogens is 3. The molecule has 0 unspecified atom stereocenters. The molecule has 150 valence electrons. The van der Waals surface area contributed by atoms with Gasteiger partial charge in [0.2, 0.25) is 0 Å². The first-order valence-corrected chi connectivity index (χ1v) is 9.30. The molecular formula is C19H16ClF2N5O2. The van der Waals surface area contributed by atoms with E-state index in [1.54, 1.807) is 30.3 Å². The van der Waals surface area contributed by atoms with Gasteiger partial charge in [0, 0.05) is 42.7 Å². The SMILES string of the molecule is O=[N+]([O-])c1cc(Cl)ccc1N1CCN(c2nc(C(F)F)nc3ccccc23)CC1. The van der Waals surface area contributed by atoms with Crippen LogP contribution in [-0.4, -0.2) is 41.1 Å². The summed E-state index contributed by atoms with van der Waals surface area (Å²) in [5, 5.41) is 12.4. The van der Waals surface area contributed by atoms with Crippen LogP contribution in [0.5, 0.6) is 0 Å². The Balaban J connectivity index is 1.62. The summed E-state index contributed by atoms with van der Waals surface area (Å²) in [6.07, 6.45) is -2.77. The largest absolute Gasteiger partial charge is 0.362 e. The summed E-state index contributed by atoms with van der Waals surface area (Å²) >= 11 is 5.89. The molecule has 0 saturated carbocycles. The number of nitro benzene ring substituents is 1. The van der Waals surface area contributed by atoms with Crippen molar-refractivity contribution in [1.82, 2.24) is 9.97 Å². The Morgan fingerprint density at radius 3 is 2.41 bits per heavy atom. The highest BCUT2D eigenvalue weighted by molar-refractivity contribution is 6.30. The maximum atomic E-state index is 13.3. The molecule has 1 aromatic heterocycles. The van der Waals surface area contributed by atoms with Crippen molar-refractivity contribution in [3.8, 4) is 0 Å². The second-order valence-corrected chi connectivity index (χ2v) is 7.02. The van der Waals surface area contributed by atoms with Gasteiger partial charge in [0.25, 0.3) is 12.1 Å². The molecule has 0 aliphatic carbocycles. The average molecular weight is 420 g/mol.